The van der Waals surface area contributed by atoms with Crippen LogP contribution in [-0.2, 0) is 0 Å². The van der Waals surface area contributed by atoms with E-state index < -0.39 is 0 Å². The van der Waals surface area contributed by atoms with E-state index in [0.717, 1.165) is 13.1 Å². The van der Waals surface area contributed by atoms with E-state index in [-0.39, 0.29) is 11.5 Å². The maximum Gasteiger partial charge on any atom is 0.0579 e. The molecule has 0 aliphatic heterocycles. The van der Waals surface area contributed by atoms with Crippen LogP contribution in [0.25, 0.3) is 0 Å². The number of para-hydroxylation sites is 1. The van der Waals surface area contributed by atoms with Crippen LogP contribution >= 0.6 is 0 Å². The van der Waals surface area contributed by atoms with Crippen LogP contribution in [0.5, 0.6) is 0 Å². The monoisotopic (exact) mass is 249 g/mol. The maximum atomic E-state index is 9.87. The molecule has 1 N–H and O–H groups in total. The maximum absolute atomic E-state index is 9.87. The molecule has 1 unspecified atom stereocenters. The number of anilines is 1. The molecule has 1 aromatic rings. The first-order chi connectivity index (χ1) is 8.47. The largest absolute Gasteiger partial charge is 0.393 e. The lowest BCUT2D eigenvalue weighted by Gasteiger charge is -2.36. The molecule has 0 amide bonds. The molecule has 0 saturated heterocycles. The van der Waals surface area contributed by atoms with Gasteiger partial charge in [0.2, 0.25) is 0 Å². The van der Waals surface area contributed by atoms with Crippen LogP contribution in [0.1, 0.15) is 40.5 Å². The van der Waals surface area contributed by atoms with Gasteiger partial charge in [-0.15, -0.1) is 0 Å². The highest BCUT2D eigenvalue weighted by Crippen LogP contribution is 2.25. The molecule has 0 aromatic heterocycles. The van der Waals surface area contributed by atoms with Crippen molar-refractivity contribution in [3.8, 4) is 0 Å². The van der Waals surface area contributed by atoms with Crippen LogP contribution in [0.4, 0.5) is 5.69 Å². The topological polar surface area (TPSA) is 23.5 Å². The van der Waals surface area contributed by atoms with E-state index in [4.69, 9.17) is 0 Å². The summed E-state index contributed by atoms with van der Waals surface area (Å²) < 4.78 is 0. The van der Waals surface area contributed by atoms with Crippen LogP contribution in [0.15, 0.2) is 30.3 Å². The van der Waals surface area contributed by atoms with Gasteiger partial charge in [0.15, 0.2) is 0 Å². The van der Waals surface area contributed by atoms with Crippen LogP contribution in [0, 0.1) is 5.41 Å². The fourth-order valence-electron chi connectivity index (χ4n) is 1.91. The van der Waals surface area contributed by atoms with Crippen LogP contribution in [-0.4, -0.2) is 24.3 Å². The Balaban J connectivity index is 2.79. The summed E-state index contributed by atoms with van der Waals surface area (Å²) >= 11 is 0. The summed E-state index contributed by atoms with van der Waals surface area (Å²) in [6.45, 7) is 10.3. The van der Waals surface area contributed by atoms with Gasteiger partial charge in [0.1, 0.15) is 0 Å². The van der Waals surface area contributed by atoms with Crippen molar-refractivity contribution in [2.75, 3.05) is 18.0 Å². The summed E-state index contributed by atoms with van der Waals surface area (Å²) in [5.41, 5.74) is 1.16. The summed E-state index contributed by atoms with van der Waals surface area (Å²) in [4.78, 5) is 2.39. The van der Waals surface area contributed by atoms with E-state index in [1.807, 2.05) is 13.0 Å². The Morgan fingerprint density at radius 2 is 1.83 bits per heavy atom. The zero-order valence-corrected chi connectivity index (χ0v) is 12.2. The second-order valence-corrected chi connectivity index (χ2v) is 5.78. The molecular formula is C16H27NO. The van der Waals surface area contributed by atoms with Crippen molar-refractivity contribution < 1.29 is 5.11 Å². The normalized spacial score (nSPS) is 13.4. The number of nitrogens with zero attached hydrogens (tertiary/aromatic N) is 1. The third-order valence-corrected chi connectivity index (χ3v) is 3.63. The van der Waals surface area contributed by atoms with Gasteiger partial charge < -0.3 is 10.0 Å². The van der Waals surface area contributed by atoms with Crippen molar-refractivity contribution in [1.29, 1.82) is 0 Å². The third-order valence-electron chi connectivity index (χ3n) is 3.63. The smallest absolute Gasteiger partial charge is 0.0579 e. The highest BCUT2D eigenvalue weighted by atomic mass is 16.3. The van der Waals surface area contributed by atoms with Gasteiger partial charge in [-0.1, -0.05) is 45.4 Å². The number of hydrogen-bond donors (Lipinski definition) is 1. The Morgan fingerprint density at radius 3 is 2.33 bits per heavy atom. The lowest BCUT2D eigenvalue weighted by atomic mass is 9.86. The highest BCUT2D eigenvalue weighted by molar-refractivity contribution is 5.46. The number of hydrogen-bond acceptors (Lipinski definition) is 2. The molecule has 2 heteroatoms. The van der Waals surface area contributed by atoms with E-state index in [1.54, 1.807) is 0 Å². The van der Waals surface area contributed by atoms with E-state index in [2.05, 4.69) is 49.9 Å². The summed E-state index contributed by atoms with van der Waals surface area (Å²) in [7, 11) is 0. The molecule has 0 bridgehead atoms. The molecule has 0 spiro atoms. The van der Waals surface area contributed by atoms with Gasteiger partial charge in [-0.3, -0.25) is 0 Å². The summed E-state index contributed by atoms with van der Waals surface area (Å²) in [5, 5.41) is 9.87. The van der Waals surface area contributed by atoms with Gasteiger partial charge in [0, 0.05) is 24.2 Å². The van der Waals surface area contributed by atoms with Gasteiger partial charge in [-0.25, -0.2) is 0 Å². The minimum atomic E-state index is -0.301. The van der Waals surface area contributed by atoms with Crippen molar-refractivity contribution in [3.05, 3.63) is 30.3 Å². The van der Waals surface area contributed by atoms with Gasteiger partial charge in [-0.2, -0.15) is 0 Å². The Morgan fingerprint density at radius 1 is 1.22 bits per heavy atom. The zero-order valence-electron chi connectivity index (χ0n) is 12.2. The number of aliphatic hydroxyl groups excluding tert-OH is 1. The molecule has 0 heterocycles. The minimum Gasteiger partial charge on any atom is -0.393 e. The average Bonchev–Trinajstić information content (AvgIpc) is 2.35. The lowest BCUT2D eigenvalue weighted by molar-refractivity contribution is 0.0709. The van der Waals surface area contributed by atoms with Gasteiger partial charge in [-0.05, 0) is 25.5 Å². The van der Waals surface area contributed by atoms with Crippen LogP contribution in [0.3, 0.4) is 0 Å². The van der Waals surface area contributed by atoms with Crippen molar-refractivity contribution in [2.24, 2.45) is 5.41 Å². The molecule has 0 radical (unpaired) electrons. The van der Waals surface area contributed by atoms with E-state index in [0.29, 0.717) is 0 Å². The quantitative estimate of drug-likeness (QED) is 0.796. The molecule has 2 nitrogen and oxygen atoms in total. The average molecular weight is 249 g/mol. The Kier molecular flexibility index (Phi) is 5.67. The second-order valence-electron chi connectivity index (χ2n) is 5.78. The fourth-order valence-corrected chi connectivity index (χ4v) is 1.91. The van der Waals surface area contributed by atoms with Gasteiger partial charge in [0.25, 0.3) is 0 Å². The number of aliphatic hydroxyl groups is 1. The molecular weight excluding hydrogens is 222 g/mol. The Bertz CT molecular complexity index is 332. The predicted molar refractivity (Wildman–Crippen MR) is 79.0 cm³/mol. The third kappa shape index (κ3) is 4.34. The first kappa shape index (κ1) is 15.0. The number of rotatable bonds is 7. The fraction of sp³-hybridized carbons (Fsp3) is 0.625. The predicted octanol–water partition coefficient (Wildman–Crippen LogP) is 3.70. The molecule has 1 rings (SSSR count). The molecule has 0 saturated carbocycles. The Labute approximate surface area is 112 Å². The Hall–Kier alpha value is -1.02. The van der Waals surface area contributed by atoms with Gasteiger partial charge in [0.05, 0.1) is 6.10 Å². The molecule has 0 aliphatic carbocycles. The van der Waals surface area contributed by atoms with E-state index in [9.17, 15) is 5.11 Å². The highest BCUT2D eigenvalue weighted by Gasteiger charge is 2.27. The van der Waals surface area contributed by atoms with Crippen LogP contribution < -0.4 is 4.90 Å². The number of unbranched alkanes of at least 4 members (excludes halogenated alkanes) is 1. The minimum absolute atomic E-state index is 0.0937. The molecule has 18 heavy (non-hydrogen) atoms. The van der Waals surface area contributed by atoms with Crippen molar-refractivity contribution in [3.63, 3.8) is 0 Å². The number of benzene rings is 1. The summed E-state index contributed by atoms with van der Waals surface area (Å²) in [6.07, 6.45) is 2.08. The summed E-state index contributed by atoms with van der Waals surface area (Å²) in [5.74, 6) is 0. The standard InChI is InChI=1S/C16H27NO/c1-5-6-12-17(13-16(3,4)14(2)18)15-10-8-7-9-11-15/h7-11,14,18H,5-6,12-13H2,1-4H3. The molecule has 0 fully saturated rings. The van der Waals surface area contributed by atoms with Crippen molar-refractivity contribution in [2.45, 2.75) is 46.6 Å². The molecule has 1 aromatic carbocycles. The lowest BCUT2D eigenvalue weighted by Crippen LogP contribution is -2.41. The molecule has 1 atom stereocenters. The molecule has 0 aliphatic rings. The van der Waals surface area contributed by atoms with Crippen molar-refractivity contribution >= 4 is 5.69 Å². The first-order valence-electron chi connectivity index (χ1n) is 6.95. The van der Waals surface area contributed by atoms with Crippen molar-refractivity contribution in [1.82, 2.24) is 0 Å². The van der Waals surface area contributed by atoms with Gasteiger partial charge >= 0.3 is 0 Å². The van der Waals surface area contributed by atoms with Crippen LogP contribution in [0.2, 0.25) is 0 Å². The SMILES string of the molecule is CCCCN(CC(C)(C)C(C)O)c1ccccc1. The zero-order chi connectivity index (χ0) is 13.6. The van der Waals surface area contributed by atoms with E-state index in [1.165, 1.54) is 18.5 Å². The summed E-state index contributed by atoms with van der Waals surface area (Å²) in [6, 6.07) is 10.5. The van der Waals surface area contributed by atoms with E-state index >= 15 is 0 Å². The molecule has 102 valence electrons. The second kappa shape index (κ2) is 6.79. The first-order valence-corrected chi connectivity index (χ1v) is 6.95.